The maximum atomic E-state index is 12.5. The highest BCUT2D eigenvalue weighted by Crippen LogP contribution is 2.38. The molecule has 0 atom stereocenters. The lowest BCUT2D eigenvalue weighted by Gasteiger charge is -2.34. The maximum Gasteiger partial charge on any atom is 0.192 e. The number of fused-ring (bicyclic) bond motifs is 1. The largest absolute Gasteiger partial charge is 0.493 e. The van der Waals surface area contributed by atoms with Crippen molar-refractivity contribution in [2.24, 2.45) is 5.18 Å². The molecule has 1 aromatic heterocycles. The van der Waals surface area contributed by atoms with E-state index in [1.807, 2.05) is 48.5 Å². The highest BCUT2D eigenvalue weighted by Gasteiger charge is 2.38. The van der Waals surface area contributed by atoms with Gasteiger partial charge in [-0.15, -0.1) is 0 Å². The Balaban J connectivity index is 1.41. The van der Waals surface area contributed by atoms with Gasteiger partial charge in [0.1, 0.15) is 23.6 Å². The van der Waals surface area contributed by atoms with Crippen molar-refractivity contribution in [3.05, 3.63) is 74.9 Å². The average Bonchev–Trinajstić information content (AvgIpc) is 2.72. The van der Waals surface area contributed by atoms with Crippen LogP contribution in [0.2, 0.25) is 0 Å². The predicted octanol–water partition coefficient (Wildman–Crippen LogP) is 4.87. The van der Waals surface area contributed by atoms with E-state index in [0.717, 1.165) is 30.5 Å². The summed E-state index contributed by atoms with van der Waals surface area (Å²) >= 11 is 0. The summed E-state index contributed by atoms with van der Waals surface area (Å²) in [6, 6.07) is 14.8. The van der Waals surface area contributed by atoms with Gasteiger partial charge >= 0.3 is 0 Å². The van der Waals surface area contributed by atoms with Gasteiger partial charge in [-0.2, -0.15) is 4.91 Å². The fourth-order valence-corrected chi connectivity index (χ4v) is 3.67. The molecule has 4 rings (SSSR count). The van der Waals surface area contributed by atoms with Crippen molar-refractivity contribution in [2.45, 2.75) is 44.8 Å². The van der Waals surface area contributed by atoms with Gasteiger partial charge in [0.05, 0.1) is 12.3 Å². The molecule has 0 amide bonds. The van der Waals surface area contributed by atoms with Crippen molar-refractivity contribution < 1.29 is 9.47 Å². The van der Waals surface area contributed by atoms with E-state index in [1.165, 1.54) is 0 Å². The number of nitrogens with one attached hydrogen (secondary N) is 1. The van der Waals surface area contributed by atoms with Crippen LogP contribution in [0.5, 0.6) is 11.5 Å². The number of pyridine rings is 1. The van der Waals surface area contributed by atoms with Crippen LogP contribution in [0.25, 0.3) is 10.9 Å². The van der Waals surface area contributed by atoms with Crippen molar-refractivity contribution in [3.8, 4) is 11.5 Å². The number of hydrogen-bond donors (Lipinski definition) is 1. The molecule has 150 valence electrons. The minimum Gasteiger partial charge on any atom is -0.493 e. The van der Waals surface area contributed by atoms with Crippen LogP contribution in [-0.4, -0.2) is 17.1 Å². The van der Waals surface area contributed by atoms with E-state index in [2.05, 4.69) is 10.2 Å². The Hall–Kier alpha value is -3.15. The standard InChI is InChI=1S/C23H24N2O4/c1-16-21(24-20-9-3-2-8-19(20)22(16)26)15-29-18-7-4-6-17(14-18)28-13-12-23(25-27)10-5-11-23/h2-4,6-9,14H,5,10-13,15H2,1H3,(H,24,26). The van der Waals surface area contributed by atoms with Crippen LogP contribution < -0.4 is 14.9 Å². The summed E-state index contributed by atoms with van der Waals surface area (Å²) in [5.41, 5.74) is 1.80. The van der Waals surface area contributed by atoms with Crippen molar-refractivity contribution >= 4 is 10.9 Å². The number of para-hydroxylation sites is 1. The van der Waals surface area contributed by atoms with Gasteiger partial charge in [0.25, 0.3) is 0 Å². The second-order valence-corrected chi connectivity index (χ2v) is 7.63. The van der Waals surface area contributed by atoms with Crippen LogP contribution in [0.4, 0.5) is 0 Å². The Morgan fingerprint density at radius 1 is 1.07 bits per heavy atom. The summed E-state index contributed by atoms with van der Waals surface area (Å²) in [5, 5.41) is 3.97. The molecule has 1 heterocycles. The third kappa shape index (κ3) is 4.01. The number of nitroso groups, excluding NO2 is 1. The molecule has 0 bridgehead atoms. The third-order valence-electron chi connectivity index (χ3n) is 5.75. The number of rotatable bonds is 8. The lowest BCUT2D eigenvalue weighted by Crippen LogP contribution is -2.36. The van der Waals surface area contributed by atoms with E-state index in [1.54, 1.807) is 6.92 Å². The molecule has 0 spiro atoms. The predicted molar refractivity (Wildman–Crippen MR) is 113 cm³/mol. The molecule has 1 fully saturated rings. The average molecular weight is 392 g/mol. The summed E-state index contributed by atoms with van der Waals surface area (Å²) in [6.07, 6.45) is 3.41. The quantitative estimate of drug-likeness (QED) is 0.554. The maximum absolute atomic E-state index is 12.5. The Bertz CT molecular complexity index is 1090. The zero-order valence-corrected chi connectivity index (χ0v) is 16.4. The van der Waals surface area contributed by atoms with E-state index in [0.29, 0.717) is 35.5 Å². The van der Waals surface area contributed by atoms with E-state index >= 15 is 0 Å². The van der Waals surface area contributed by atoms with Gasteiger partial charge in [-0.05, 0) is 50.5 Å². The first kappa shape index (κ1) is 19.2. The number of H-pyrrole nitrogens is 1. The zero-order chi connectivity index (χ0) is 20.3. The van der Waals surface area contributed by atoms with Crippen molar-refractivity contribution in [1.82, 2.24) is 4.98 Å². The minimum absolute atomic E-state index is 0.0174. The van der Waals surface area contributed by atoms with Gasteiger partial charge in [-0.3, -0.25) is 4.79 Å². The minimum atomic E-state index is -0.423. The Labute approximate surface area is 168 Å². The van der Waals surface area contributed by atoms with Crippen LogP contribution in [0.15, 0.2) is 58.5 Å². The summed E-state index contributed by atoms with van der Waals surface area (Å²) in [7, 11) is 0. The summed E-state index contributed by atoms with van der Waals surface area (Å²) in [6.45, 7) is 2.51. The summed E-state index contributed by atoms with van der Waals surface area (Å²) < 4.78 is 11.7. The first-order valence-corrected chi connectivity index (χ1v) is 9.91. The molecule has 0 saturated heterocycles. The fraction of sp³-hybridized carbons (Fsp3) is 0.348. The Kier molecular flexibility index (Phi) is 5.34. The number of hydrogen-bond acceptors (Lipinski definition) is 5. The van der Waals surface area contributed by atoms with Crippen LogP contribution in [-0.2, 0) is 6.61 Å². The van der Waals surface area contributed by atoms with Gasteiger partial charge in [-0.1, -0.05) is 23.4 Å². The molecule has 1 N–H and O–H groups in total. The highest BCUT2D eigenvalue weighted by molar-refractivity contribution is 5.79. The molecule has 3 aromatic rings. The number of nitrogens with zero attached hydrogens (tertiary/aromatic N) is 1. The SMILES string of the molecule is Cc1c(COc2cccc(OCCC3(N=O)CCC3)c2)[nH]c2ccccc2c1=O. The molecule has 6 heteroatoms. The van der Waals surface area contributed by atoms with Gasteiger partial charge in [0, 0.05) is 29.0 Å². The molecule has 2 aromatic carbocycles. The zero-order valence-electron chi connectivity index (χ0n) is 16.4. The van der Waals surface area contributed by atoms with Crippen LogP contribution in [0, 0.1) is 11.8 Å². The number of ether oxygens (including phenoxy) is 2. The van der Waals surface area contributed by atoms with Crippen molar-refractivity contribution in [1.29, 1.82) is 0 Å². The smallest absolute Gasteiger partial charge is 0.192 e. The first-order chi connectivity index (χ1) is 14.1. The number of benzene rings is 2. The second kappa shape index (κ2) is 8.07. The van der Waals surface area contributed by atoms with E-state index in [9.17, 15) is 9.70 Å². The first-order valence-electron chi connectivity index (χ1n) is 9.91. The van der Waals surface area contributed by atoms with Crippen LogP contribution in [0.1, 0.15) is 36.9 Å². The molecule has 6 nitrogen and oxygen atoms in total. The van der Waals surface area contributed by atoms with Gasteiger partial charge in [0.15, 0.2) is 5.43 Å². The molecule has 0 aliphatic heterocycles. The Morgan fingerprint density at radius 2 is 1.83 bits per heavy atom. The van der Waals surface area contributed by atoms with Gasteiger partial charge in [0.2, 0.25) is 0 Å². The molecule has 0 radical (unpaired) electrons. The van der Waals surface area contributed by atoms with Gasteiger partial charge in [-0.25, -0.2) is 0 Å². The third-order valence-corrected chi connectivity index (χ3v) is 5.75. The second-order valence-electron chi connectivity index (χ2n) is 7.63. The topological polar surface area (TPSA) is 80.8 Å². The van der Waals surface area contributed by atoms with Crippen LogP contribution in [0.3, 0.4) is 0 Å². The highest BCUT2D eigenvalue weighted by atomic mass is 16.5. The number of aromatic amines is 1. The van der Waals surface area contributed by atoms with Crippen molar-refractivity contribution in [3.63, 3.8) is 0 Å². The molecule has 0 unspecified atom stereocenters. The lowest BCUT2D eigenvalue weighted by atomic mass is 9.75. The molecular formula is C23H24N2O4. The van der Waals surface area contributed by atoms with Gasteiger partial charge < -0.3 is 14.5 Å². The summed E-state index contributed by atoms with van der Waals surface area (Å²) in [4.78, 5) is 26.8. The van der Waals surface area contributed by atoms with E-state index in [4.69, 9.17) is 9.47 Å². The molecule has 1 aliphatic carbocycles. The van der Waals surface area contributed by atoms with E-state index < -0.39 is 5.54 Å². The molecular weight excluding hydrogens is 368 g/mol. The molecule has 29 heavy (non-hydrogen) atoms. The number of aromatic nitrogens is 1. The monoisotopic (exact) mass is 392 g/mol. The van der Waals surface area contributed by atoms with Crippen LogP contribution >= 0.6 is 0 Å². The van der Waals surface area contributed by atoms with E-state index in [-0.39, 0.29) is 12.0 Å². The summed E-state index contributed by atoms with van der Waals surface area (Å²) in [5.74, 6) is 1.34. The van der Waals surface area contributed by atoms with Crippen molar-refractivity contribution in [2.75, 3.05) is 6.61 Å². The molecule has 1 aliphatic rings. The fourth-order valence-electron chi connectivity index (χ4n) is 3.67. The normalized spacial score (nSPS) is 14.9. The lowest BCUT2D eigenvalue weighted by molar-refractivity contribution is 0.183. The Morgan fingerprint density at radius 3 is 2.55 bits per heavy atom. The molecule has 1 saturated carbocycles.